The predicted molar refractivity (Wildman–Crippen MR) is 90.0 cm³/mol. The first-order valence-corrected chi connectivity index (χ1v) is 7.60. The van der Waals surface area contributed by atoms with E-state index in [2.05, 4.69) is 9.88 Å². The van der Waals surface area contributed by atoms with E-state index in [0.717, 1.165) is 13.0 Å². The summed E-state index contributed by atoms with van der Waals surface area (Å²) in [4.78, 5) is 31.2. The standard InChI is InChI=1S/C17H23N3O3/c1-11-14-13(15(12(2)18-11)17(22)23-5)7-10-20(16(14)21)9-6-8-19(3)4/h7,10H,6,8-9H2,1-5H3. The van der Waals surface area contributed by atoms with Crippen LogP contribution < -0.4 is 5.56 Å². The number of hydrogen-bond acceptors (Lipinski definition) is 5. The van der Waals surface area contributed by atoms with E-state index in [1.54, 1.807) is 30.7 Å². The quantitative estimate of drug-likeness (QED) is 0.786. The minimum absolute atomic E-state index is 0.114. The maximum atomic E-state index is 12.8. The zero-order valence-electron chi connectivity index (χ0n) is 14.3. The van der Waals surface area contributed by atoms with Crippen molar-refractivity contribution in [3.63, 3.8) is 0 Å². The van der Waals surface area contributed by atoms with Gasteiger partial charge in [-0.2, -0.15) is 0 Å². The van der Waals surface area contributed by atoms with Gasteiger partial charge in [-0.3, -0.25) is 9.78 Å². The number of carbonyl (C=O) groups excluding carboxylic acids is 1. The van der Waals surface area contributed by atoms with Gasteiger partial charge < -0.3 is 14.2 Å². The van der Waals surface area contributed by atoms with E-state index in [1.165, 1.54) is 7.11 Å². The molecule has 0 fully saturated rings. The van der Waals surface area contributed by atoms with Crippen molar-refractivity contribution in [1.82, 2.24) is 14.5 Å². The number of nitrogens with zero attached hydrogens (tertiary/aromatic N) is 3. The third kappa shape index (κ3) is 3.42. The molecule has 2 rings (SSSR count). The van der Waals surface area contributed by atoms with Crippen LogP contribution in [0.4, 0.5) is 0 Å². The number of rotatable bonds is 5. The SMILES string of the molecule is COC(=O)c1c(C)nc(C)c2c(=O)n(CCCN(C)C)ccc12. The van der Waals surface area contributed by atoms with E-state index >= 15 is 0 Å². The molecule has 0 aliphatic heterocycles. The van der Waals surface area contributed by atoms with Crippen LogP contribution in [0.2, 0.25) is 0 Å². The van der Waals surface area contributed by atoms with Crippen molar-refractivity contribution in [3.8, 4) is 0 Å². The molecule has 0 spiro atoms. The summed E-state index contributed by atoms with van der Waals surface area (Å²) in [7, 11) is 5.33. The largest absolute Gasteiger partial charge is 0.465 e. The lowest BCUT2D eigenvalue weighted by Crippen LogP contribution is -2.24. The zero-order chi connectivity index (χ0) is 17.1. The number of ether oxygens (including phenoxy) is 1. The number of carbonyl (C=O) groups is 1. The van der Waals surface area contributed by atoms with Gasteiger partial charge in [0.1, 0.15) is 0 Å². The van der Waals surface area contributed by atoms with E-state index in [4.69, 9.17) is 4.74 Å². The van der Waals surface area contributed by atoms with Gasteiger partial charge in [-0.05, 0) is 47.0 Å². The van der Waals surface area contributed by atoms with Crippen molar-refractivity contribution >= 4 is 16.7 Å². The van der Waals surface area contributed by atoms with Crippen molar-refractivity contribution < 1.29 is 9.53 Å². The molecular formula is C17H23N3O3. The van der Waals surface area contributed by atoms with Crippen LogP contribution >= 0.6 is 0 Å². The Kier molecular flexibility index (Phi) is 5.15. The maximum absolute atomic E-state index is 12.8. The molecule has 0 atom stereocenters. The molecular weight excluding hydrogens is 294 g/mol. The van der Waals surface area contributed by atoms with Crippen LogP contribution in [-0.2, 0) is 11.3 Å². The molecule has 0 unspecified atom stereocenters. The van der Waals surface area contributed by atoms with E-state index < -0.39 is 5.97 Å². The summed E-state index contributed by atoms with van der Waals surface area (Å²) in [5, 5.41) is 1.10. The molecule has 0 aromatic carbocycles. The number of aryl methyl sites for hydroxylation is 3. The first-order chi connectivity index (χ1) is 10.9. The van der Waals surface area contributed by atoms with Gasteiger partial charge in [0.15, 0.2) is 0 Å². The molecule has 2 heterocycles. The minimum Gasteiger partial charge on any atom is -0.465 e. The first-order valence-electron chi connectivity index (χ1n) is 7.60. The molecule has 6 heteroatoms. The van der Waals surface area contributed by atoms with Crippen molar-refractivity contribution in [2.45, 2.75) is 26.8 Å². The molecule has 2 aromatic rings. The van der Waals surface area contributed by atoms with Crippen LogP contribution in [0.3, 0.4) is 0 Å². The average Bonchev–Trinajstić information content (AvgIpc) is 2.48. The highest BCUT2D eigenvalue weighted by Gasteiger charge is 2.19. The smallest absolute Gasteiger partial charge is 0.340 e. The Morgan fingerprint density at radius 3 is 2.61 bits per heavy atom. The van der Waals surface area contributed by atoms with E-state index in [-0.39, 0.29) is 5.56 Å². The van der Waals surface area contributed by atoms with Gasteiger partial charge in [-0.25, -0.2) is 4.79 Å². The van der Waals surface area contributed by atoms with Crippen molar-refractivity contribution in [3.05, 3.63) is 39.6 Å². The van der Waals surface area contributed by atoms with Crippen LogP contribution in [0.25, 0.3) is 10.8 Å². The molecule has 124 valence electrons. The summed E-state index contributed by atoms with van der Waals surface area (Å²) in [6, 6.07) is 1.81. The Bertz CT molecular complexity index is 794. The average molecular weight is 317 g/mol. The number of aromatic nitrogens is 2. The van der Waals surface area contributed by atoms with E-state index in [9.17, 15) is 9.59 Å². The molecule has 2 aromatic heterocycles. The summed E-state index contributed by atoms with van der Waals surface area (Å²) in [5.74, 6) is -0.468. The Morgan fingerprint density at radius 2 is 2.00 bits per heavy atom. The van der Waals surface area contributed by atoms with Crippen LogP contribution in [0.15, 0.2) is 17.1 Å². The van der Waals surface area contributed by atoms with Crippen LogP contribution in [0, 0.1) is 13.8 Å². The molecule has 0 saturated heterocycles. The highest BCUT2D eigenvalue weighted by molar-refractivity contribution is 6.05. The van der Waals surface area contributed by atoms with E-state index in [0.29, 0.717) is 34.3 Å². The summed E-state index contributed by atoms with van der Waals surface area (Å²) in [6.07, 6.45) is 2.62. The number of pyridine rings is 2. The molecule has 0 saturated carbocycles. The van der Waals surface area contributed by atoms with Gasteiger partial charge in [-0.15, -0.1) is 0 Å². The fourth-order valence-corrected chi connectivity index (χ4v) is 2.78. The molecule has 0 radical (unpaired) electrons. The first kappa shape index (κ1) is 17.1. The fraction of sp³-hybridized carbons (Fsp3) is 0.471. The molecule has 0 aliphatic rings. The van der Waals surface area contributed by atoms with Gasteiger partial charge in [0, 0.05) is 18.1 Å². The Labute approximate surface area is 135 Å². The molecule has 0 N–H and O–H groups in total. The summed E-state index contributed by atoms with van der Waals surface area (Å²) in [6.45, 7) is 5.08. The van der Waals surface area contributed by atoms with Crippen LogP contribution in [0.5, 0.6) is 0 Å². The van der Waals surface area contributed by atoms with Gasteiger partial charge in [0.25, 0.3) is 5.56 Å². The lowest BCUT2D eigenvalue weighted by Gasteiger charge is -2.14. The number of methoxy groups -OCH3 is 1. The highest BCUT2D eigenvalue weighted by Crippen LogP contribution is 2.21. The summed E-state index contributed by atoms with van der Waals surface area (Å²) >= 11 is 0. The third-order valence-electron chi connectivity index (χ3n) is 3.89. The fourth-order valence-electron chi connectivity index (χ4n) is 2.78. The van der Waals surface area contributed by atoms with Gasteiger partial charge in [-0.1, -0.05) is 0 Å². The zero-order valence-corrected chi connectivity index (χ0v) is 14.3. The summed E-state index contributed by atoms with van der Waals surface area (Å²) < 4.78 is 6.51. The predicted octanol–water partition coefficient (Wildman–Crippen LogP) is 1.75. The minimum atomic E-state index is -0.468. The number of hydrogen-bond donors (Lipinski definition) is 0. The highest BCUT2D eigenvalue weighted by atomic mass is 16.5. The molecule has 0 aliphatic carbocycles. The summed E-state index contributed by atoms with van der Waals surface area (Å²) in [5.41, 5.74) is 1.46. The van der Waals surface area contributed by atoms with Gasteiger partial charge >= 0.3 is 5.97 Å². The maximum Gasteiger partial charge on any atom is 0.340 e. The Morgan fingerprint density at radius 1 is 1.30 bits per heavy atom. The van der Waals surface area contributed by atoms with Crippen LogP contribution in [0.1, 0.15) is 28.2 Å². The normalized spacial score (nSPS) is 11.2. The van der Waals surface area contributed by atoms with E-state index in [1.807, 2.05) is 14.1 Å². The van der Waals surface area contributed by atoms with Gasteiger partial charge in [0.05, 0.1) is 29.4 Å². The monoisotopic (exact) mass is 317 g/mol. The Balaban J connectivity index is 2.57. The molecule has 0 bridgehead atoms. The second-order valence-corrected chi connectivity index (χ2v) is 5.91. The van der Waals surface area contributed by atoms with Gasteiger partial charge in [0.2, 0.25) is 0 Å². The molecule has 6 nitrogen and oxygen atoms in total. The molecule has 23 heavy (non-hydrogen) atoms. The number of esters is 1. The molecule has 0 amide bonds. The van der Waals surface area contributed by atoms with Crippen molar-refractivity contribution in [1.29, 1.82) is 0 Å². The van der Waals surface area contributed by atoms with Crippen LogP contribution in [-0.4, -0.2) is 48.2 Å². The lowest BCUT2D eigenvalue weighted by atomic mass is 10.0. The third-order valence-corrected chi connectivity index (χ3v) is 3.89. The second kappa shape index (κ2) is 6.91. The second-order valence-electron chi connectivity index (χ2n) is 5.91. The topological polar surface area (TPSA) is 64.4 Å². The number of fused-ring (bicyclic) bond motifs is 1. The lowest BCUT2D eigenvalue weighted by molar-refractivity contribution is 0.0601. The van der Waals surface area contributed by atoms with Crippen molar-refractivity contribution in [2.75, 3.05) is 27.7 Å². The van der Waals surface area contributed by atoms with Crippen molar-refractivity contribution in [2.24, 2.45) is 0 Å². The Hall–Kier alpha value is -2.21.